The van der Waals surface area contributed by atoms with E-state index in [-0.39, 0.29) is 60.5 Å². The number of ether oxygens (including phenoxy) is 1. The molecule has 3 N–H and O–H groups in total. The molecule has 4 aliphatic heterocycles. The Balaban J connectivity index is 0.841. The minimum Gasteiger partial charge on any atom is -0.371 e. The van der Waals surface area contributed by atoms with Gasteiger partial charge in [0.1, 0.15) is 11.9 Å². The van der Waals surface area contributed by atoms with Gasteiger partial charge >= 0.3 is 0 Å². The van der Waals surface area contributed by atoms with Gasteiger partial charge in [0, 0.05) is 61.6 Å². The first kappa shape index (κ1) is 37.7. The van der Waals surface area contributed by atoms with Crippen LogP contribution in [0.2, 0.25) is 0 Å². The summed E-state index contributed by atoms with van der Waals surface area (Å²) in [6.07, 6.45) is 0.806. The van der Waals surface area contributed by atoms with E-state index >= 15 is 4.39 Å². The number of imide groups is 2. The summed E-state index contributed by atoms with van der Waals surface area (Å²) in [5, 5.41) is 12.3. The van der Waals surface area contributed by atoms with Crippen LogP contribution in [0.3, 0.4) is 0 Å². The normalized spacial score (nSPS) is 18.9. The number of carbonyl (C=O) groups is 6. The summed E-state index contributed by atoms with van der Waals surface area (Å²) in [7, 11) is 3.40. The van der Waals surface area contributed by atoms with E-state index in [1.165, 1.54) is 19.2 Å². The van der Waals surface area contributed by atoms with Crippen LogP contribution in [0.1, 0.15) is 85.2 Å². The molecule has 0 spiro atoms. The van der Waals surface area contributed by atoms with Gasteiger partial charge in [0.05, 0.1) is 29.9 Å². The first-order valence-electron chi connectivity index (χ1n) is 18.8. The lowest BCUT2D eigenvalue weighted by Crippen LogP contribution is -2.54. The lowest BCUT2D eigenvalue weighted by molar-refractivity contribution is -0.143. The third kappa shape index (κ3) is 7.06. The van der Waals surface area contributed by atoms with Crippen LogP contribution in [0.5, 0.6) is 0 Å². The molecule has 0 saturated carbocycles. The Bertz CT molecular complexity index is 2270. The Morgan fingerprint density at radius 1 is 0.965 bits per heavy atom. The van der Waals surface area contributed by atoms with E-state index in [4.69, 9.17) is 4.74 Å². The van der Waals surface area contributed by atoms with Gasteiger partial charge in [0.25, 0.3) is 23.6 Å². The Hall–Kier alpha value is -6.26. The first-order chi connectivity index (χ1) is 27.5. The SMILES string of the molecule is COC(C(=O)N1Cc2[nH]nc(NC(=O)c3ccc(N4CCC(N(C)Cc5ccc6c(c5F)C(=O)N(C5CCC(=O)NC5=O)C6=O)CC4)cc3)c2C1)c1ccccc1. The van der Waals surface area contributed by atoms with Gasteiger partial charge in [0.15, 0.2) is 11.9 Å². The Morgan fingerprint density at radius 3 is 2.40 bits per heavy atom. The minimum atomic E-state index is -1.16. The number of methoxy groups -OCH3 is 1. The second-order valence-corrected chi connectivity index (χ2v) is 14.8. The molecule has 5 heterocycles. The van der Waals surface area contributed by atoms with Gasteiger partial charge in [-0.25, -0.2) is 4.39 Å². The van der Waals surface area contributed by atoms with Crippen molar-refractivity contribution in [2.24, 2.45) is 0 Å². The molecule has 2 unspecified atom stereocenters. The topological polar surface area (TPSA) is 177 Å². The van der Waals surface area contributed by atoms with Crippen molar-refractivity contribution in [2.75, 3.05) is 37.5 Å². The summed E-state index contributed by atoms with van der Waals surface area (Å²) in [4.78, 5) is 83.7. The average molecular weight is 777 g/mol. The second-order valence-electron chi connectivity index (χ2n) is 14.8. The molecule has 8 rings (SSSR count). The van der Waals surface area contributed by atoms with E-state index in [2.05, 4.69) is 25.7 Å². The number of nitrogens with one attached hydrogen (secondary N) is 3. The Kier molecular flexibility index (Phi) is 10.1. The van der Waals surface area contributed by atoms with Crippen molar-refractivity contribution >= 4 is 46.9 Å². The molecule has 57 heavy (non-hydrogen) atoms. The molecule has 2 fully saturated rings. The zero-order valence-electron chi connectivity index (χ0n) is 31.4. The second kappa shape index (κ2) is 15.3. The molecule has 4 aliphatic rings. The molecule has 0 radical (unpaired) electrons. The fourth-order valence-electron chi connectivity index (χ4n) is 8.22. The van der Waals surface area contributed by atoms with Gasteiger partial charge in [-0.05, 0) is 62.2 Å². The molecule has 4 aromatic rings. The predicted octanol–water partition coefficient (Wildman–Crippen LogP) is 3.53. The van der Waals surface area contributed by atoms with Crippen LogP contribution in [-0.2, 0) is 38.8 Å². The number of benzene rings is 3. The summed E-state index contributed by atoms with van der Waals surface area (Å²) in [5.74, 6) is -3.74. The van der Waals surface area contributed by atoms with Gasteiger partial charge in [-0.15, -0.1) is 0 Å². The lowest BCUT2D eigenvalue weighted by atomic mass is 10.0. The number of hydrogen-bond donors (Lipinski definition) is 3. The van der Waals surface area contributed by atoms with Gasteiger partial charge in [-0.1, -0.05) is 36.4 Å². The molecule has 3 aromatic carbocycles. The van der Waals surface area contributed by atoms with Crippen molar-refractivity contribution in [3.63, 3.8) is 0 Å². The van der Waals surface area contributed by atoms with Crippen LogP contribution in [0.4, 0.5) is 15.9 Å². The van der Waals surface area contributed by atoms with Gasteiger partial charge in [0.2, 0.25) is 11.8 Å². The summed E-state index contributed by atoms with van der Waals surface area (Å²) in [6.45, 7) is 2.27. The van der Waals surface area contributed by atoms with Crippen LogP contribution in [-0.4, -0.2) is 99.7 Å². The average Bonchev–Trinajstić information content (AvgIpc) is 3.89. The zero-order valence-corrected chi connectivity index (χ0v) is 31.4. The number of H-pyrrole nitrogens is 1. The van der Waals surface area contributed by atoms with E-state index < -0.39 is 41.6 Å². The molecule has 2 atom stereocenters. The number of aromatic nitrogens is 2. The minimum absolute atomic E-state index is 0.00414. The fourth-order valence-corrected chi connectivity index (χ4v) is 8.22. The van der Waals surface area contributed by atoms with Crippen LogP contribution in [0.15, 0.2) is 66.7 Å². The van der Waals surface area contributed by atoms with Crippen molar-refractivity contribution in [1.29, 1.82) is 0 Å². The van der Waals surface area contributed by atoms with Crippen LogP contribution in [0, 0.1) is 5.82 Å². The Labute approximate surface area is 327 Å². The molecule has 6 amide bonds. The number of anilines is 2. The van der Waals surface area contributed by atoms with E-state index in [0.29, 0.717) is 17.9 Å². The molecule has 2 saturated heterocycles. The molecule has 294 valence electrons. The highest BCUT2D eigenvalue weighted by Crippen LogP contribution is 2.33. The number of carbonyl (C=O) groups excluding carboxylic acids is 6. The lowest BCUT2D eigenvalue weighted by Gasteiger charge is -2.38. The maximum absolute atomic E-state index is 15.9. The molecular formula is C41H41FN8O7. The predicted molar refractivity (Wildman–Crippen MR) is 203 cm³/mol. The monoisotopic (exact) mass is 776 g/mol. The fraction of sp³-hybridized carbons (Fsp3) is 0.341. The number of amides is 6. The van der Waals surface area contributed by atoms with E-state index in [1.54, 1.807) is 17.0 Å². The number of fused-ring (bicyclic) bond motifs is 2. The highest BCUT2D eigenvalue weighted by atomic mass is 19.1. The molecule has 15 nitrogen and oxygen atoms in total. The van der Waals surface area contributed by atoms with Crippen LogP contribution >= 0.6 is 0 Å². The van der Waals surface area contributed by atoms with Crippen molar-refractivity contribution in [1.82, 2.24) is 30.2 Å². The van der Waals surface area contributed by atoms with Gasteiger partial charge in [-0.3, -0.25) is 49.0 Å². The maximum atomic E-state index is 15.9. The molecule has 16 heteroatoms. The number of nitrogens with zero attached hydrogens (tertiary/aromatic N) is 5. The number of piperidine rings is 2. The maximum Gasteiger partial charge on any atom is 0.265 e. The summed E-state index contributed by atoms with van der Waals surface area (Å²) < 4.78 is 21.4. The number of rotatable bonds is 10. The Morgan fingerprint density at radius 2 is 1.70 bits per heavy atom. The van der Waals surface area contributed by atoms with Crippen LogP contribution in [0.25, 0.3) is 0 Å². The summed E-state index contributed by atoms with van der Waals surface area (Å²) in [6, 6.07) is 18.5. The largest absolute Gasteiger partial charge is 0.371 e. The van der Waals surface area contributed by atoms with Crippen molar-refractivity contribution in [2.45, 2.75) is 63.5 Å². The first-order valence-corrected chi connectivity index (χ1v) is 18.8. The van der Waals surface area contributed by atoms with Gasteiger partial charge in [-0.2, -0.15) is 5.10 Å². The van der Waals surface area contributed by atoms with Crippen molar-refractivity contribution in [3.05, 3.63) is 112 Å². The van der Waals surface area contributed by atoms with Crippen LogP contribution < -0.4 is 15.5 Å². The standard InChI is InChI=1S/C41H41FN8O7/c1-47(20-25-10-13-28-33(34(25)42)40(55)50(39(28)54)31-14-15-32(51)43-38(31)53)26-16-18-48(19-17-26)27-11-8-24(9-12-27)37(52)44-36-29-21-49(22-30(29)45-46-36)41(56)35(57-2)23-6-4-3-5-7-23/h3-13,26,31,35H,14-22H2,1-2H3,(H,43,51,53)(H2,44,45,46,52). The third-order valence-corrected chi connectivity index (χ3v) is 11.4. The van der Waals surface area contributed by atoms with Crippen molar-refractivity contribution < 1.29 is 37.9 Å². The smallest absolute Gasteiger partial charge is 0.265 e. The number of aromatic amines is 1. The van der Waals surface area contributed by atoms with Crippen molar-refractivity contribution in [3.8, 4) is 0 Å². The number of halogens is 1. The molecule has 1 aromatic heterocycles. The van der Waals surface area contributed by atoms with E-state index in [1.807, 2.05) is 54.4 Å². The highest BCUT2D eigenvalue weighted by molar-refractivity contribution is 6.23. The van der Waals surface area contributed by atoms with E-state index in [0.717, 1.165) is 53.3 Å². The molecule has 0 aliphatic carbocycles. The molecule has 0 bridgehead atoms. The van der Waals surface area contributed by atoms with Gasteiger partial charge < -0.3 is 19.9 Å². The summed E-state index contributed by atoms with van der Waals surface area (Å²) in [5.41, 5.74) is 3.53. The highest BCUT2D eigenvalue weighted by Gasteiger charge is 2.46. The quantitative estimate of drug-likeness (QED) is 0.202. The summed E-state index contributed by atoms with van der Waals surface area (Å²) >= 11 is 0. The number of hydrogen-bond acceptors (Lipinski definition) is 10. The van der Waals surface area contributed by atoms with E-state index in [9.17, 15) is 28.8 Å². The third-order valence-electron chi connectivity index (χ3n) is 11.4. The molecular weight excluding hydrogens is 735 g/mol. The zero-order chi connectivity index (χ0) is 40.0.